The average Bonchev–Trinajstić information content (AvgIpc) is 3.13. The summed E-state index contributed by atoms with van der Waals surface area (Å²) >= 11 is 7.33. The first kappa shape index (κ1) is 20.2. The lowest BCUT2D eigenvalue weighted by atomic mass is 10.2. The molecule has 0 saturated carbocycles. The number of ether oxygens (including phenoxy) is 1. The van der Waals surface area contributed by atoms with Crippen LogP contribution in [0.2, 0.25) is 5.02 Å². The molecular weight excluding hydrogens is 386 g/mol. The molecule has 0 aliphatic carbocycles. The third-order valence-electron chi connectivity index (χ3n) is 4.33. The number of benzene rings is 1. The van der Waals surface area contributed by atoms with E-state index in [1.807, 2.05) is 13.8 Å². The van der Waals surface area contributed by atoms with Crippen LogP contribution in [0.3, 0.4) is 0 Å². The van der Waals surface area contributed by atoms with E-state index in [-0.39, 0.29) is 23.3 Å². The molecular formula is C19H24ClN3O3S. The van der Waals surface area contributed by atoms with Crippen LogP contribution in [-0.4, -0.2) is 40.5 Å². The molecule has 6 nitrogen and oxygen atoms in total. The zero-order chi connectivity index (χ0) is 19.4. The summed E-state index contributed by atoms with van der Waals surface area (Å²) in [7, 11) is 0. The molecule has 0 bridgehead atoms. The lowest BCUT2D eigenvalue weighted by Gasteiger charge is -2.16. The molecule has 146 valence electrons. The van der Waals surface area contributed by atoms with Crippen molar-refractivity contribution in [2.24, 2.45) is 5.92 Å². The highest BCUT2D eigenvalue weighted by molar-refractivity contribution is 7.99. The van der Waals surface area contributed by atoms with Crippen molar-refractivity contribution in [1.82, 2.24) is 14.9 Å². The Morgan fingerprint density at radius 3 is 3.00 bits per heavy atom. The molecule has 1 atom stereocenters. The standard InChI is InChI=1S/C19H24ClN3O3S/c1-12(2)9-21-17(24)11-27-19-22-16-8-13(20)5-6-15(16)18(25)23(19)10-14-4-3-7-26-14/h5-6,8,12,14H,3-4,7,9-11H2,1-2H3,(H,21,24)/t14-/m1/s1. The highest BCUT2D eigenvalue weighted by Gasteiger charge is 2.20. The van der Waals surface area contributed by atoms with Gasteiger partial charge in [0.05, 0.1) is 29.3 Å². The summed E-state index contributed by atoms with van der Waals surface area (Å²) in [4.78, 5) is 29.7. The Labute approximate surface area is 167 Å². The van der Waals surface area contributed by atoms with Gasteiger partial charge < -0.3 is 10.1 Å². The van der Waals surface area contributed by atoms with Gasteiger partial charge in [0.2, 0.25) is 5.91 Å². The molecule has 2 aromatic rings. The Morgan fingerprint density at radius 2 is 2.30 bits per heavy atom. The van der Waals surface area contributed by atoms with E-state index < -0.39 is 0 Å². The molecule has 1 amide bonds. The summed E-state index contributed by atoms with van der Waals surface area (Å²) in [5.74, 6) is 0.520. The summed E-state index contributed by atoms with van der Waals surface area (Å²) in [6.45, 7) is 5.88. The predicted octanol–water partition coefficient (Wildman–Crippen LogP) is 3.09. The smallest absolute Gasteiger partial charge is 0.262 e. The molecule has 2 heterocycles. The minimum Gasteiger partial charge on any atom is -0.376 e. The first-order valence-corrected chi connectivity index (χ1v) is 10.5. The van der Waals surface area contributed by atoms with Crippen LogP contribution in [0.5, 0.6) is 0 Å². The van der Waals surface area contributed by atoms with E-state index in [9.17, 15) is 9.59 Å². The number of thioether (sulfide) groups is 1. The van der Waals surface area contributed by atoms with Crippen molar-refractivity contribution in [3.05, 3.63) is 33.6 Å². The largest absolute Gasteiger partial charge is 0.376 e. The molecule has 1 aromatic heterocycles. The van der Waals surface area contributed by atoms with Crippen LogP contribution in [0.1, 0.15) is 26.7 Å². The Kier molecular flexibility index (Phi) is 6.78. The summed E-state index contributed by atoms with van der Waals surface area (Å²) in [5, 5.41) is 4.45. The Morgan fingerprint density at radius 1 is 1.48 bits per heavy atom. The fourth-order valence-corrected chi connectivity index (χ4v) is 3.94. The maximum absolute atomic E-state index is 13.0. The fourth-order valence-electron chi connectivity index (χ4n) is 2.94. The quantitative estimate of drug-likeness (QED) is 0.562. The van der Waals surface area contributed by atoms with Crippen molar-refractivity contribution in [3.8, 4) is 0 Å². The summed E-state index contributed by atoms with van der Waals surface area (Å²) < 4.78 is 7.32. The second kappa shape index (κ2) is 9.08. The van der Waals surface area contributed by atoms with Gasteiger partial charge in [-0.25, -0.2) is 4.98 Å². The number of rotatable bonds is 7. The number of aromatic nitrogens is 2. The SMILES string of the molecule is CC(C)CNC(=O)CSc1nc2cc(Cl)ccc2c(=O)n1C[C@H]1CCCO1. The molecule has 0 unspecified atom stereocenters. The third-order valence-corrected chi connectivity index (χ3v) is 5.54. The van der Waals surface area contributed by atoms with Crippen molar-refractivity contribution < 1.29 is 9.53 Å². The lowest BCUT2D eigenvalue weighted by Crippen LogP contribution is -2.31. The number of fused-ring (bicyclic) bond motifs is 1. The van der Waals surface area contributed by atoms with Gasteiger partial charge in [-0.3, -0.25) is 14.2 Å². The number of halogens is 1. The summed E-state index contributed by atoms with van der Waals surface area (Å²) in [5.41, 5.74) is 0.415. The number of hydrogen-bond acceptors (Lipinski definition) is 5. The van der Waals surface area contributed by atoms with E-state index >= 15 is 0 Å². The van der Waals surface area contributed by atoms with Crippen LogP contribution in [0.25, 0.3) is 10.9 Å². The van der Waals surface area contributed by atoms with E-state index in [0.717, 1.165) is 19.4 Å². The van der Waals surface area contributed by atoms with Gasteiger partial charge in [-0.2, -0.15) is 0 Å². The van der Waals surface area contributed by atoms with Crippen molar-refractivity contribution >= 4 is 40.2 Å². The van der Waals surface area contributed by atoms with Gasteiger partial charge in [-0.05, 0) is 37.0 Å². The van der Waals surface area contributed by atoms with Crippen molar-refractivity contribution in [2.75, 3.05) is 18.9 Å². The minimum absolute atomic E-state index is 0.00312. The normalized spacial score (nSPS) is 17.0. The van der Waals surface area contributed by atoms with Crippen molar-refractivity contribution in [1.29, 1.82) is 0 Å². The van der Waals surface area contributed by atoms with Gasteiger partial charge in [-0.1, -0.05) is 37.2 Å². The minimum atomic E-state index is -0.128. The van der Waals surface area contributed by atoms with E-state index in [1.165, 1.54) is 11.8 Å². The van der Waals surface area contributed by atoms with Crippen molar-refractivity contribution in [2.45, 2.75) is 44.5 Å². The van der Waals surface area contributed by atoms with E-state index in [1.54, 1.807) is 22.8 Å². The highest BCUT2D eigenvalue weighted by Crippen LogP contribution is 2.22. The van der Waals surface area contributed by atoms with E-state index in [2.05, 4.69) is 10.3 Å². The molecule has 1 N–H and O–H groups in total. The molecule has 1 fully saturated rings. The summed E-state index contributed by atoms with van der Waals surface area (Å²) in [6, 6.07) is 5.07. The van der Waals surface area contributed by atoms with Crippen LogP contribution < -0.4 is 10.9 Å². The molecule has 1 aromatic carbocycles. The molecule has 27 heavy (non-hydrogen) atoms. The number of nitrogens with one attached hydrogen (secondary N) is 1. The zero-order valence-corrected chi connectivity index (χ0v) is 17.1. The van der Waals surface area contributed by atoms with Gasteiger partial charge in [0, 0.05) is 18.2 Å². The Hall–Kier alpha value is -1.57. The van der Waals surface area contributed by atoms with Crippen LogP contribution in [0.4, 0.5) is 0 Å². The molecule has 8 heteroatoms. The average molecular weight is 410 g/mol. The molecule has 1 aliphatic rings. The molecule has 1 saturated heterocycles. The Balaban J connectivity index is 1.87. The number of nitrogens with zero attached hydrogens (tertiary/aromatic N) is 2. The number of amides is 1. The van der Waals surface area contributed by atoms with Gasteiger partial charge in [0.15, 0.2) is 5.16 Å². The maximum Gasteiger partial charge on any atom is 0.262 e. The van der Waals surface area contributed by atoms with E-state index in [0.29, 0.717) is 40.1 Å². The second-order valence-electron chi connectivity index (χ2n) is 7.09. The molecule has 0 radical (unpaired) electrons. The first-order chi connectivity index (χ1) is 12.9. The van der Waals surface area contributed by atoms with Crippen LogP contribution in [-0.2, 0) is 16.1 Å². The second-order valence-corrected chi connectivity index (χ2v) is 8.47. The monoisotopic (exact) mass is 409 g/mol. The van der Waals surface area contributed by atoms with Crippen LogP contribution in [0, 0.1) is 5.92 Å². The van der Waals surface area contributed by atoms with Crippen LogP contribution >= 0.6 is 23.4 Å². The highest BCUT2D eigenvalue weighted by atomic mass is 35.5. The van der Waals surface area contributed by atoms with Crippen LogP contribution in [0.15, 0.2) is 28.2 Å². The third kappa shape index (κ3) is 5.24. The zero-order valence-electron chi connectivity index (χ0n) is 15.5. The van der Waals surface area contributed by atoms with E-state index in [4.69, 9.17) is 16.3 Å². The van der Waals surface area contributed by atoms with Gasteiger partial charge >= 0.3 is 0 Å². The van der Waals surface area contributed by atoms with Gasteiger partial charge in [-0.15, -0.1) is 0 Å². The fraction of sp³-hybridized carbons (Fsp3) is 0.526. The van der Waals surface area contributed by atoms with Gasteiger partial charge in [0.1, 0.15) is 0 Å². The van der Waals surface area contributed by atoms with Crippen molar-refractivity contribution in [3.63, 3.8) is 0 Å². The molecule has 3 rings (SSSR count). The predicted molar refractivity (Wildman–Crippen MR) is 109 cm³/mol. The number of hydrogen-bond donors (Lipinski definition) is 1. The van der Waals surface area contributed by atoms with Gasteiger partial charge in [0.25, 0.3) is 5.56 Å². The number of carbonyl (C=O) groups is 1. The maximum atomic E-state index is 13.0. The molecule has 0 spiro atoms. The molecule has 1 aliphatic heterocycles. The first-order valence-electron chi connectivity index (χ1n) is 9.15. The topological polar surface area (TPSA) is 73.2 Å². The number of carbonyl (C=O) groups excluding carboxylic acids is 1. The lowest BCUT2D eigenvalue weighted by molar-refractivity contribution is -0.118. The summed E-state index contributed by atoms with van der Waals surface area (Å²) in [6.07, 6.45) is 1.92. The Bertz CT molecular complexity index is 878.